The van der Waals surface area contributed by atoms with Crippen LogP contribution in [0.5, 0.6) is 34.5 Å². The number of carbonyl (C=O) groups excluding carboxylic acids is 2. The highest BCUT2D eigenvalue weighted by molar-refractivity contribution is 9.10. The Balaban J connectivity index is 0.000000225. The number of benzene rings is 8. The van der Waals surface area contributed by atoms with Crippen LogP contribution in [-0.2, 0) is 78.4 Å². The molecule has 0 saturated heterocycles. The molecular weight excluding hydrogens is 1620 g/mol. The van der Waals surface area contributed by atoms with E-state index in [1.54, 1.807) is 59.5 Å². The van der Waals surface area contributed by atoms with E-state index >= 15 is 16.8 Å². The minimum absolute atomic E-state index is 0.0304. The number of aromatic nitrogens is 8. The summed E-state index contributed by atoms with van der Waals surface area (Å²) in [5.74, 6) is 4.30. The lowest BCUT2D eigenvalue weighted by molar-refractivity contribution is -0.157. The predicted octanol–water partition coefficient (Wildman–Crippen LogP) is 17.0. The van der Waals surface area contributed by atoms with E-state index in [-0.39, 0.29) is 72.1 Å². The van der Waals surface area contributed by atoms with Crippen LogP contribution >= 0.6 is 31.9 Å². The summed E-state index contributed by atoms with van der Waals surface area (Å²) in [4.78, 5) is 27.0. The first-order valence-electron chi connectivity index (χ1n) is 37.3. The SMILES string of the molecule is COc1ccc(CN(Cc2ccc(OC)cc2)S(=O)(=O)c2c(Br)ccc(C3=CCC(CC(=O)OC(C)(C)C)CC3)c2-c2nnn(Cc3ccc(OC)cc3)n2)cc1.COc1ccc(CN(Cc2ccc(OC)cc2)S(=O)(=O)c2c(Br)ccc(C3=CCC(CC(=O)OC(C)(C)C)CC3)c2-c2nnnn2Cc2ccc(OC)cc2)cc1. The molecule has 0 N–H and O–H groups in total. The molecule has 0 spiro atoms. The summed E-state index contributed by atoms with van der Waals surface area (Å²) < 4.78 is 110. The predicted molar refractivity (Wildman–Crippen MR) is 442 cm³/mol. The second kappa shape index (κ2) is 37.9. The van der Waals surface area contributed by atoms with Crippen molar-refractivity contribution in [3.8, 4) is 57.3 Å². The Morgan fingerprint density at radius 2 is 0.772 bits per heavy atom. The highest BCUT2D eigenvalue weighted by Crippen LogP contribution is 2.46. The lowest BCUT2D eigenvalue weighted by Crippen LogP contribution is -2.31. The number of allylic oxidation sites excluding steroid dienone is 4. The summed E-state index contributed by atoms with van der Waals surface area (Å²) in [7, 11) is 0.971. The Morgan fingerprint density at radius 1 is 0.439 bits per heavy atom. The van der Waals surface area contributed by atoms with Gasteiger partial charge in [-0.3, -0.25) is 9.59 Å². The zero-order valence-corrected chi connectivity index (χ0v) is 70.9. The molecule has 2 aromatic heterocycles. The first kappa shape index (κ1) is 84.8. The summed E-state index contributed by atoms with van der Waals surface area (Å²) in [6.45, 7) is 12.0. The van der Waals surface area contributed by atoms with Crippen LogP contribution in [0.25, 0.3) is 33.9 Å². The summed E-state index contributed by atoms with van der Waals surface area (Å²) >= 11 is 7.32. The topological polar surface area (TPSA) is 270 Å². The van der Waals surface area contributed by atoms with Crippen molar-refractivity contribution >= 4 is 75.0 Å². The van der Waals surface area contributed by atoms with E-state index < -0.39 is 31.2 Å². The maximum atomic E-state index is 15.5. The molecule has 0 amide bonds. The van der Waals surface area contributed by atoms with Crippen LogP contribution in [0.2, 0.25) is 0 Å². The summed E-state index contributed by atoms with van der Waals surface area (Å²) in [5.41, 5.74) is 7.79. The first-order valence-corrected chi connectivity index (χ1v) is 41.8. The Kier molecular flexibility index (Phi) is 28.2. The fourth-order valence-electron chi connectivity index (χ4n) is 13.6. The maximum absolute atomic E-state index is 15.5. The molecule has 0 bridgehead atoms. The normalized spacial score (nSPS) is 14.6. The van der Waals surface area contributed by atoms with Gasteiger partial charge >= 0.3 is 11.9 Å². The van der Waals surface area contributed by atoms with Crippen molar-refractivity contribution in [2.24, 2.45) is 11.8 Å². The number of esters is 2. The van der Waals surface area contributed by atoms with E-state index in [9.17, 15) is 9.59 Å². The van der Waals surface area contributed by atoms with Crippen molar-refractivity contribution < 1.29 is 64.3 Å². The van der Waals surface area contributed by atoms with Crippen LogP contribution in [0, 0.1) is 11.8 Å². The van der Waals surface area contributed by atoms with Gasteiger partial charge in [0, 0.05) is 53.5 Å². The number of rotatable bonds is 30. The van der Waals surface area contributed by atoms with E-state index in [2.05, 4.69) is 69.8 Å². The van der Waals surface area contributed by atoms with Crippen LogP contribution in [0.15, 0.2) is 201 Å². The standard InChI is InChI=1S/2C43H48BrN5O7S/c1-43(2,3)56-39(50)25-29-7-15-33(16-8-29)37-23-24-38(44)41(40(37)42-45-46-47-49(42)28-32-13-21-36(55-6)22-14-32)57(51,52)48(26-30-9-17-34(53-4)18-10-30)27-31-11-19-35(54-5)20-12-31;1-43(2,3)56-39(50)25-29-7-15-33(16-8-29)37-23-24-38(44)41(40(37)42-45-47-49(46-42)28-32-13-21-36(55-6)22-14-32)57(51,52)48(26-30-9-17-34(53-4)18-10-30)27-31-11-19-35(54-5)20-12-31/h2*9-15,17-24,29H,7-8,16,25-28H2,1-6H3. The first-order chi connectivity index (χ1) is 54.5. The highest BCUT2D eigenvalue weighted by Gasteiger charge is 2.38. The van der Waals surface area contributed by atoms with Crippen LogP contribution in [0.4, 0.5) is 0 Å². The number of carbonyl (C=O) groups is 2. The molecule has 600 valence electrons. The molecule has 2 heterocycles. The molecule has 10 aromatic rings. The molecule has 28 heteroatoms. The van der Waals surface area contributed by atoms with Gasteiger partial charge < -0.3 is 37.9 Å². The molecule has 24 nitrogen and oxygen atoms in total. The molecule has 0 saturated carbocycles. The summed E-state index contributed by atoms with van der Waals surface area (Å²) in [6, 6.07) is 51.8. The lowest BCUT2D eigenvalue weighted by atomic mass is 9.83. The molecule has 2 atom stereocenters. The van der Waals surface area contributed by atoms with Gasteiger partial charge in [0.25, 0.3) is 0 Å². The Labute approximate surface area is 684 Å². The van der Waals surface area contributed by atoms with Crippen LogP contribution < -0.4 is 28.4 Å². The minimum Gasteiger partial charge on any atom is -0.497 e. The van der Waals surface area contributed by atoms with E-state index in [4.69, 9.17) is 43.0 Å². The largest absolute Gasteiger partial charge is 0.497 e. The molecule has 12 rings (SSSR count). The molecule has 114 heavy (non-hydrogen) atoms. The zero-order valence-electron chi connectivity index (χ0n) is 66.1. The van der Waals surface area contributed by atoms with Crippen molar-refractivity contribution in [2.75, 3.05) is 42.7 Å². The monoisotopic (exact) mass is 1710 g/mol. The molecule has 2 aliphatic carbocycles. The summed E-state index contributed by atoms with van der Waals surface area (Å²) in [5, 5.41) is 26.6. The molecule has 0 fully saturated rings. The average molecular weight is 1720 g/mol. The van der Waals surface area contributed by atoms with Crippen LogP contribution in [-0.4, -0.2) is 132 Å². The molecular formula is C86H96Br2N10O14S2. The van der Waals surface area contributed by atoms with Crippen molar-refractivity contribution in [2.45, 2.75) is 153 Å². The number of halogens is 2. The number of hydrogen-bond acceptors (Lipinski definition) is 20. The number of hydrogen-bond donors (Lipinski definition) is 0. The molecule has 0 aliphatic heterocycles. The fraction of sp³-hybridized carbons (Fsp3) is 0.349. The smallest absolute Gasteiger partial charge is 0.306 e. The molecule has 2 aliphatic rings. The zero-order chi connectivity index (χ0) is 81.5. The quantitative estimate of drug-likeness (QED) is 0.0378. The number of ether oxygens (including phenoxy) is 8. The van der Waals surface area contributed by atoms with E-state index in [0.29, 0.717) is 111 Å². The maximum Gasteiger partial charge on any atom is 0.306 e. The Morgan fingerprint density at radius 3 is 1.11 bits per heavy atom. The van der Waals surface area contributed by atoms with Gasteiger partial charge in [0.05, 0.1) is 61.3 Å². The van der Waals surface area contributed by atoms with Gasteiger partial charge in [-0.25, -0.2) is 21.5 Å². The van der Waals surface area contributed by atoms with E-state index in [1.807, 2.05) is 199 Å². The van der Waals surface area contributed by atoms with Gasteiger partial charge in [0.1, 0.15) is 55.5 Å². The van der Waals surface area contributed by atoms with Gasteiger partial charge in [-0.15, -0.1) is 15.3 Å². The molecule has 8 aromatic carbocycles. The van der Waals surface area contributed by atoms with Gasteiger partial charge in [-0.05, 0) is 280 Å². The second-order valence-corrected chi connectivity index (χ2v) is 35.3. The van der Waals surface area contributed by atoms with E-state index in [1.165, 1.54) is 13.4 Å². The third kappa shape index (κ3) is 22.1. The Hall–Kier alpha value is -10.1. The lowest BCUT2D eigenvalue weighted by Gasteiger charge is -2.28. The molecule has 0 radical (unpaired) electrons. The van der Waals surface area contributed by atoms with Crippen LogP contribution in [0.3, 0.4) is 0 Å². The average Bonchev–Trinajstić information content (AvgIpc) is 1.17. The van der Waals surface area contributed by atoms with Crippen LogP contribution in [0.1, 0.15) is 137 Å². The van der Waals surface area contributed by atoms with Gasteiger partial charge in [0.2, 0.25) is 25.9 Å². The van der Waals surface area contributed by atoms with Crippen molar-refractivity contribution in [1.29, 1.82) is 0 Å². The van der Waals surface area contributed by atoms with Crippen molar-refractivity contribution in [3.63, 3.8) is 0 Å². The summed E-state index contributed by atoms with van der Waals surface area (Å²) in [6.07, 6.45) is 8.74. The number of sulfonamides is 2. The highest BCUT2D eigenvalue weighted by atomic mass is 79.9. The van der Waals surface area contributed by atoms with Crippen molar-refractivity contribution in [1.82, 2.24) is 49.0 Å². The fourth-order valence-corrected chi connectivity index (χ4v) is 18.8. The third-order valence-electron chi connectivity index (χ3n) is 19.4. The number of nitrogens with zero attached hydrogens (tertiary/aromatic N) is 10. The van der Waals surface area contributed by atoms with Crippen molar-refractivity contribution in [3.05, 3.63) is 235 Å². The minimum atomic E-state index is -4.31. The number of tetrazole rings is 2. The van der Waals surface area contributed by atoms with Gasteiger partial charge in [-0.1, -0.05) is 97.1 Å². The van der Waals surface area contributed by atoms with Gasteiger partial charge in [-0.2, -0.15) is 13.4 Å². The van der Waals surface area contributed by atoms with E-state index in [0.717, 1.165) is 63.1 Å². The third-order valence-corrected chi connectivity index (χ3v) is 25.0. The number of methoxy groups -OCH3 is 6. The Bertz CT molecular complexity index is 5170. The molecule has 2 unspecified atom stereocenters. The van der Waals surface area contributed by atoms with Gasteiger partial charge in [0.15, 0.2) is 5.82 Å². The second-order valence-electron chi connectivity index (χ2n) is 29.9.